The second-order valence-electron chi connectivity index (χ2n) is 5.73. The van der Waals surface area contributed by atoms with Gasteiger partial charge in [0.1, 0.15) is 5.15 Å². The Labute approximate surface area is 162 Å². The maximum Gasteiger partial charge on any atom is 0.331 e. The maximum atomic E-state index is 12.0. The molecular weight excluding hydrogens is 370 g/mol. The number of carbonyl (C=O) groups excluding carboxylic acids is 2. The number of para-hydroxylation sites is 1. The molecule has 0 unspecified atom stereocenters. The molecule has 1 amide bonds. The second-order valence-corrected chi connectivity index (χ2v) is 6.09. The number of aryl methyl sites for hydroxylation is 1. The minimum atomic E-state index is -0.914. The topological polar surface area (TPSA) is 82.4 Å². The first-order chi connectivity index (χ1) is 12.9. The van der Waals surface area contributed by atoms with E-state index in [1.165, 1.54) is 26.2 Å². The van der Waals surface area contributed by atoms with Crippen LogP contribution in [-0.4, -0.2) is 48.0 Å². The number of nitrogens with one attached hydrogen (secondary N) is 1. The third-order valence-corrected chi connectivity index (χ3v) is 4.07. The number of methoxy groups -OCH3 is 1. The number of amides is 1. The van der Waals surface area contributed by atoms with E-state index in [-0.39, 0.29) is 5.91 Å². The minimum Gasteiger partial charge on any atom is -0.449 e. The smallest absolute Gasteiger partial charge is 0.331 e. The largest absolute Gasteiger partial charge is 0.449 e. The summed E-state index contributed by atoms with van der Waals surface area (Å²) < 4.78 is 11.5. The van der Waals surface area contributed by atoms with Crippen molar-refractivity contribution in [1.29, 1.82) is 0 Å². The lowest BCUT2D eigenvalue weighted by molar-refractivity contribution is -0.150. The summed E-state index contributed by atoms with van der Waals surface area (Å²) in [6, 6.07) is 9.42. The molecule has 1 aromatic heterocycles. The predicted octanol–water partition coefficient (Wildman–Crippen LogP) is 2.54. The van der Waals surface area contributed by atoms with Gasteiger partial charge >= 0.3 is 5.97 Å². The van der Waals surface area contributed by atoms with Crippen molar-refractivity contribution in [3.8, 4) is 5.69 Å². The van der Waals surface area contributed by atoms with Crippen molar-refractivity contribution in [3.63, 3.8) is 0 Å². The molecule has 27 heavy (non-hydrogen) atoms. The fourth-order valence-electron chi connectivity index (χ4n) is 2.28. The van der Waals surface area contributed by atoms with Crippen LogP contribution in [-0.2, 0) is 19.1 Å². The normalized spacial score (nSPS) is 12.1. The summed E-state index contributed by atoms with van der Waals surface area (Å²) in [7, 11) is 1.54. The van der Waals surface area contributed by atoms with E-state index < -0.39 is 12.1 Å². The van der Waals surface area contributed by atoms with Gasteiger partial charge in [0.2, 0.25) is 0 Å². The van der Waals surface area contributed by atoms with Crippen molar-refractivity contribution >= 4 is 29.6 Å². The molecule has 2 rings (SSSR count). The third kappa shape index (κ3) is 5.67. The average Bonchev–Trinajstić information content (AvgIpc) is 2.94. The molecule has 0 bridgehead atoms. The zero-order valence-electron chi connectivity index (χ0n) is 15.4. The Bertz CT molecular complexity index is 818. The van der Waals surface area contributed by atoms with Crippen molar-refractivity contribution in [3.05, 3.63) is 52.8 Å². The fraction of sp³-hybridized carbons (Fsp3) is 0.316. The van der Waals surface area contributed by atoms with Gasteiger partial charge in [-0.1, -0.05) is 29.8 Å². The molecule has 0 radical (unpaired) electrons. The molecule has 0 spiro atoms. The van der Waals surface area contributed by atoms with Gasteiger partial charge in [-0.15, -0.1) is 0 Å². The molecule has 0 saturated heterocycles. The highest BCUT2D eigenvalue weighted by atomic mass is 35.5. The maximum absolute atomic E-state index is 12.0. The number of carbonyl (C=O) groups is 2. The first-order valence-corrected chi connectivity index (χ1v) is 8.77. The van der Waals surface area contributed by atoms with E-state index in [0.717, 1.165) is 5.69 Å². The van der Waals surface area contributed by atoms with Gasteiger partial charge in [-0.3, -0.25) is 4.79 Å². The van der Waals surface area contributed by atoms with Crippen LogP contribution in [0.3, 0.4) is 0 Å². The van der Waals surface area contributed by atoms with Gasteiger partial charge in [0.15, 0.2) is 6.10 Å². The molecule has 8 heteroatoms. The van der Waals surface area contributed by atoms with Gasteiger partial charge in [-0.2, -0.15) is 5.10 Å². The molecule has 7 nitrogen and oxygen atoms in total. The lowest BCUT2D eigenvalue weighted by Crippen LogP contribution is -2.37. The molecular formula is C19H22ClN3O4. The third-order valence-electron chi connectivity index (χ3n) is 3.70. The van der Waals surface area contributed by atoms with E-state index in [0.29, 0.717) is 29.6 Å². The van der Waals surface area contributed by atoms with Gasteiger partial charge < -0.3 is 14.8 Å². The Kier molecular flexibility index (Phi) is 7.57. The highest BCUT2D eigenvalue weighted by Crippen LogP contribution is 2.24. The highest BCUT2D eigenvalue weighted by molar-refractivity contribution is 6.31. The molecule has 0 aliphatic heterocycles. The zero-order valence-corrected chi connectivity index (χ0v) is 16.2. The Morgan fingerprint density at radius 1 is 1.33 bits per heavy atom. The molecule has 0 aliphatic rings. The molecule has 1 atom stereocenters. The van der Waals surface area contributed by atoms with Crippen LogP contribution >= 0.6 is 11.6 Å². The standard InChI is InChI=1S/C19H22ClN3O4/c1-13-16(18(20)23(22-13)15-7-5-4-6-8-15)9-10-17(24)27-14(2)19(25)21-11-12-26-3/h4-10,14H,11-12H2,1-3H3,(H,21,25)/b10-9+/t14-/m0/s1. The van der Waals surface area contributed by atoms with Crippen molar-refractivity contribution < 1.29 is 19.1 Å². The Morgan fingerprint density at radius 2 is 2.04 bits per heavy atom. The predicted molar refractivity (Wildman–Crippen MR) is 103 cm³/mol. The summed E-state index contributed by atoms with van der Waals surface area (Å²) in [5.74, 6) is -1.03. The summed E-state index contributed by atoms with van der Waals surface area (Å²) in [5, 5.41) is 7.38. The fourth-order valence-corrected chi connectivity index (χ4v) is 2.61. The van der Waals surface area contributed by atoms with Crippen LogP contribution in [0.15, 0.2) is 36.4 Å². The number of benzene rings is 1. The van der Waals surface area contributed by atoms with E-state index in [9.17, 15) is 9.59 Å². The van der Waals surface area contributed by atoms with Crippen LogP contribution in [0.1, 0.15) is 18.2 Å². The quantitative estimate of drug-likeness (QED) is 0.425. The number of ether oxygens (including phenoxy) is 2. The molecule has 2 aromatic rings. The summed E-state index contributed by atoms with van der Waals surface area (Å²) >= 11 is 6.40. The lowest BCUT2D eigenvalue weighted by atomic mass is 10.2. The van der Waals surface area contributed by atoms with E-state index in [1.807, 2.05) is 30.3 Å². The number of esters is 1. The van der Waals surface area contributed by atoms with Crippen molar-refractivity contribution in [2.75, 3.05) is 20.3 Å². The van der Waals surface area contributed by atoms with Gasteiger partial charge in [0, 0.05) is 25.3 Å². The van der Waals surface area contributed by atoms with Crippen LogP contribution in [0.2, 0.25) is 5.15 Å². The Morgan fingerprint density at radius 3 is 2.70 bits per heavy atom. The zero-order chi connectivity index (χ0) is 19.8. The van der Waals surface area contributed by atoms with E-state index in [1.54, 1.807) is 11.6 Å². The summed E-state index contributed by atoms with van der Waals surface area (Å²) in [4.78, 5) is 23.8. The number of halogens is 1. The van der Waals surface area contributed by atoms with Gasteiger partial charge in [0.25, 0.3) is 5.91 Å². The van der Waals surface area contributed by atoms with E-state index in [4.69, 9.17) is 21.1 Å². The van der Waals surface area contributed by atoms with Crippen LogP contribution in [0.4, 0.5) is 0 Å². The SMILES string of the molecule is COCCNC(=O)[C@H](C)OC(=O)/C=C/c1c(C)nn(-c2ccccc2)c1Cl. The summed E-state index contributed by atoms with van der Waals surface area (Å²) in [6.07, 6.45) is 1.84. The number of hydrogen-bond donors (Lipinski definition) is 1. The molecule has 0 saturated carbocycles. The van der Waals surface area contributed by atoms with E-state index in [2.05, 4.69) is 10.4 Å². The van der Waals surface area contributed by atoms with Crippen LogP contribution < -0.4 is 5.32 Å². The Balaban J connectivity index is 2.02. The Hall–Kier alpha value is -2.64. The van der Waals surface area contributed by atoms with Crippen molar-refractivity contribution in [2.45, 2.75) is 20.0 Å². The number of nitrogens with zero attached hydrogens (tertiary/aromatic N) is 2. The van der Waals surface area contributed by atoms with E-state index >= 15 is 0 Å². The first-order valence-electron chi connectivity index (χ1n) is 8.40. The highest BCUT2D eigenvalue weighted by Gasteiger charge is 2.17. The first kappa shape index (κ1) is 20.7. The molecule has 1 N–H and O–H groups in total. The van der Waals surface area contributed by atoms with Crippen molar-refractivity contribution in [2.24, 2.45) is 0 Å². The van der Waals surface area contributed by atoms with Crippen molar-refractivity contribution in [1.82, 2.24) is 15.1 Å². The molecule has 0 aliphatic carbocycles. The van der Waals surface area contributed by atoms with Crippen LogP contribution in [0.25, 0.3) is 11.8 Å². The number of rotatable bonds is 8. The summed E-state index contributed by atoms with van der Waals surface area (Å²) in [5.41, 5.74) is 2.09. The van der Waals surface area contributed by atoms with Gasteiger partial charge in [-0.25, -0.2) is 9.48 Å². The summed E-state index contributed by atoms with van der Waals surface area (Å²) in [6.45, 7) is 4.03. The minimum absolute atomic E-state index is 0.348. The molecule has 0 fully saturated rings. The monoisotopic (exact) mass is 391 g/mol. The average molecular weight is 392 g/mol. The number of hydrogen-bond acceptors (Lipinski definition) is 5. The van der Waals surface area contributed by atoms with Crippen LogP contribution in [0.5, 0.6) is 0 Å². The second kappa shape index (κ2) is 9.89. The molecule has 1 heterocycles. The number of aromatic nitrogens is 2. The lowest BCUT2D eigenvalue weighted by Gasteiger charge is -2.11. The van der Waals surface area contributed by atoms with Crippen LogP contribution in [0, 0.1) is 6.92 Å². The molecule has 1 aromatic carbocycles. The van der Waals surface area contributed by atoms with Gasteiger partial charge in [0.05, 0.1) is 18.0 Å². The van der Waals surface area contributed by atoms with Gasteiger partial charge in [-0.05, 0) is 32.1 Å². The molecule has 144 valence electrons.